The van der Waals surface area contributed by atoms with Crippen molar-refractivity contribution in [2.75, 3.05) is 39.6 Å². The number of aliphatic hydroxyl groups excluding tert-OH is 1. The lowest BCUT2D eigenvalue weighted by Crippen LogP contribution is -2.30. The van der Waals surface area contributed by atoms with Crippen LogP contribution in [-0.2, 0) is 65.4 Å². The Bertz CT molecular complexity index is 1860. The highest BCUT2D eigenvalue weighted by atomic mass is 31.2. The number of phosphoric ester groups is 2. The van der Waals surface area contributed by atoms with E-state index in [4.69, 9.17) is 37.0 Å². The molecule has 0 saturated carbocycles. The first-order valence-electron chi connectivity index (χ1n) is 40.0. The van der Waals surface area contributed by atoms with Gasteiger partial charge in [0.25, 0.3) is 0 Å². The van der Waals surface area contributed by atoms with E-state index < -0.39 is 97.5 Å². The molecule has 0 spiro atoms. The van der Waals surface area contributed by atoms with E-state index >= 15 is 0 Å². The molecule has 0 heterocycles. The Hall–Kier alpha value is -1.94. The highest BCUT2D eigenvalue weighted by Crippen LogP contribution is 2.45. The summed E-state index contributed by atoms with van der Waals surface area (Å²) in [5, 5.41) is 10.6. The molecule has 2 unspecified atom stereocenters. The molecule has 0 bridgehead atoms. The molecular formula is C77H150O17P2. The Morgan fingerprint density at radius 2 is 0.479 bits per heavy atom. The van der Waals surface area contributed by atoms with Crippen LogP contribution in [0.5, 0.6) is 0 Å². The van der Waals surface area contributed by atoms with Gasteiger partial charge < -0.3 is 33.8 Å². The summed E-state index contributed by atoms with van der Waals surface area (Å²) in [6.07, 6.45) is 57.2. The second kappa shape index (κ2) is 68.8. The van der Waals surface area contributed by atoms with Gasteiger partial charge >= 0.3 is 39.5 Å². The summed E-state index contributed by atoms with van der Waals surface area (Å²) in [7, 11) is -9.91. The topological polar surface area (TPSA) is 237 Å². The molecule has 570 valence electrons. The molecule has 0 fully saturated rings. The molecule has 0 aromatic heterocycles. The van der Waals surface area contributed by atoms with E-state index in [1.54, 1.807) is 0 Å². The van der Waals surface area contributed by atoms with E-state index in [2.05, 4.69) is 41.5 Å². The normalized spacial score (nSPS) is 14.0. The van der Waals surface area contributed by atoms with Gasteiger partial charge in [0.15, 0.2) is 12.2 Å². The molecule has 0 aliphatic rings. The Kier molecular flexibility index (Phi) is 67.4. The van der Waals surface area contributed by atoms with Crippen LogP contribution < -0.4 is 0 Å². The van der Waals surface area contributed by atoms with Crippen molar-refractivity contribution in [3.8, 4) is 0 Å². The van der Waals surface area contributed by atoms with Crippen molar-refractivity contribution in [3.63, 3.8) is 0 Å². The van der Waals surface area contributed by atoms with E-state index in [-0.39, 0.29) is 25.7 Å². The standard InChI is InChI=1S/C77H150O17P2/c1-7-9-11-13-15-17-18-19-20-23-27-30-33-37-41-48-54-60-75(80)88-65-72(93-76(81)61-55-49-42-38-34-31-28-25-22-21-24-26-29-32-36-39-45-51-57-69(3)4)67-91-95(83,84)89-63-71(78)64-90-96(85,86)92-68-73(94-77(82)62-56-50-44-43-46-52-58-70(5)6)66-87-74(79)59-53-47-40-35-16-14-12-10-8-2/h69-73,78H,7-68H2,1-6H3,(H,83,84)(H,85,86)/t71-,72-,73-/m1/s1. The SMILES string of the molecule is CCCCCCCCCCCCCCCCCCCC(=O)OC[C@H](COP(=O)(O)OC[C@@H](O)COP(=O)(O)OC[C@@H](COC(=O)CCCCCCCCCCC)OC(=O)CCCCCCCCC(C)C)OC(=O)CCCCCCCCCCCCCCCCCCCCC(C)C. The predicted octanol–water partition coefficient (Wildman–Crippen LogP) is 22.7. The Labute approximate surface area is 588 Å². The van der Waals surface area contributed by atoms with Crippen molar-refractivity contribution in [2.45, 2.75) is 419 Å². The summed E-state index contributed by atoms with van der Waals surface area (Å²) < 4.78 is 68.4. The second-order valence-electron chi connectivity index (χ2n) is 28.7. The van der Waals surface area contributed by atoms with Crippen molar-refractivity contribution in [1.29, 1.82) is 0 Å². The summed E-state index contributed by atoms with van der Waals surface area (Å²) >= 11 is 0. The van der Waals surface area contributed by atoms with Crippen LogP contribution in [0.2, 0.25) is 0 Å². The molecule has 0 radical (unpaired) electrons. The van der Waals surface area contributed by atoms with Gasteiger partial charge in [0.2, 0.25) is 0 Å². The van der Waals surface area contributed by atoms with Gasteiger partial charge in [-0.05, 0) is 37.5 Å². The number of phosphoric acid groups is 2. The molecular weight excluding hydrogens is 1260 g/mol. The first-order chi connectivity index (χ1) is 46.4. The van der Waals surface area contributed by atoms with Crippen LogP contribution in [0.25, 0.3) is 0 Å². The first-order valence-corrected chi connectivity index (χ1v) is 43.0. The largest absolute Gasteiger partial charge is 0.472 e. The van der Waals surface area contributed by atoms with Crippen LogP contribution in [-0.4, -0.2) is 96.7 Å². The molecule has 0 saturated heterocycles. The molecule has 5 atom stereocenters. The van der Waals surface area contributed by atoms with Crippen LogP contribution in [0.1, 0.15) is 401 Å². The van der Waals surface area contributed by atoms with Crippen molar-refractivity contribution in [2.24, 2.45) is 11.8 Å². The van der Waals surface area contributed by atoms with Crippen molar-refractivity contribution in [3.05, 3.63) is 0 Å². The van der Waals surface area contributed by atoms with Gasteiger partial charge in [-0.2, -0.15) is 0 Å². The van der Waals surface area contributed by atoms with Crippen molar-refractivity contribution >= 4 is 39.5 Å². The van der Waals surface area contributed by atoms with E-state index in [1.807, 2.05) is 0 Å². The zero-order chi connectivity index (χ0) is 70.7. The van der Waals surface area contributed by atoms with Gasteiger partial charge in [-0.25, -0.2) is 9.13 Å². The zero-order valence-electron chi connectivity index (χ0n) is 62.7. The minimum absolute atomic E-state index is 0.102. The Morgan fingerprint density at radius 1 is 0.281 bits per heavy atom. The molecule has 0 aromatic rings. The predicted molar refractivity (Wildman–Crippen MR) is 391 cm³/mol. The van der Waals surface area contributed by atoms with Crippen LogP contribution in [0.15, 0.2) is 0 Å². The van der Waals surface area contributed by atoms with Crippen molar-refractivity contribution in [1.82, 2.24) is 0 Å². The number of carbonyl (C=O) groups excluding carboxylic acids is 4. The smallest absolute Gasteiger partial charge is 0.462 e. The van der Waals surface area contributed by atoms with Gasteiger partial charge in [0, 0.05) is 25.7 Å². The number of carbonyl (C=O) groups is 4. The lowest BCUT2D eigenvalue weighted by Gasteiger charge is -2.21. The summed E-state index contributed by atoms with van der Waals surface area (Å²) in [6.45, 7) is 9.53. The highest BCUT2D eigenvalue weighted by molar-refractivity contribution is 7.47. The molecule has 0 amide bonds. The number of rotatable bonds is 76. The molecule has 3 N–H and O–H groups in total. The molecule has 0 aliphatic heterocycles. The number of ether oxygens (including phenoxy) is 4. The van der Waals surface area contributed by atoms with E-state index in [9.17, 15) is 43.2 Å². The van der Waals surface area contributed by atoms with Crippen LogP contribution in [0, 0.1) is 11.8 Å². The molecule has 19 heteroatoms. The number of aliphatic hydroxyl groups is 1. The van der Waals surface area contributed by atoms with Crippen LogP contribution in [0.3, 0.4) is 0 Å². The molecule has 0 aliphatic carbocycles. The minimum atomic E-state index is -4.96. The van der Waals surface area contributed by atoms with Crippen LogP contribution in [0.4, 0.5) is 0 Å². The lowest BCUT2D eigenvalue weighted by atomic mass is 10.0. The maximum atomic E-state index is 13.1. The average Bonchev–Trinajstić information content (AvgIpc) is 1.58. The summed E-state index contributed by atoms with van der Waals surface area (Å²) in [6, 6.07) is 0. The Balaban J connectivity index is 5.17. The number of unbranched alkanes of at least 4 members (excludes halogenated alkanes) is 46. The average molecular weight is 1410 g/mol. The van der Waals surface area contributed by atoms with Gasteiger partial charge in [-0.1, -0.05) is 350 Å². The number of hydrogen-bond acceptors (Lipinski definition) is 15. The lowest BCUT2D eigenvalue weighted by molar-refractivity contribution is -0.161. The van der Waals surface area contributed by atoms with E-state index in [1.165, 1.54) is 218 Å². The number of hydrogen-bond donors (Lipinski definition) is 3. The van der Waals surface area contributed by atoms with Gasteiger partial charge in [0.05, 0.1) is 26.4 Å². The maximum absolute atomic E-state index is 13.1. The van der Waals surface area contributed by atoms with Crippen LogP contribution >= 0.6 is 15.6 Å². The maximum Gasteiger partial charge on any atom is 0.472 e. The summed E-state index contributed by atoms with van der Waals surface area (Å²) in [5.74, 6) is -0.631. The third kappa shape index (κ3) is 70.5. The first kappa shape index (κ1) is 94.1. The zero-order valence-corrected chi connectivity index (χ0v) is 64.5. The summed E-state index contributed by atoms with van der Waals surface area (Å²) in [4.78, 5) is 72.7. The van der Waals surface area contributed by atoms with E-state index in [0.717, 1.165) is 95.8 Å². The third-order valence-corrected chi connectivity index (χ3v) is 19.9. The third-order valence-electron chi connectivity index (χ3n) is 18.0. The number of esters is 4. The fourth-order valence-electron chi connectivity index (χ4n) is 11.8. The quantitative estimate of drug-likeness (QED) is 0.0222. The monoisotopic (exact) mass is 1410 g/mol. The fourth-order valence-corrected chi connectivity index (χ4v) is 13.4. The minimum Gasteiger partial charge on any atom is -0.462 e. The second-order valence-corrected chi connectivity index (χ2v) is 31.6. The molecule has 17 nitrogen and oxygen atoms in total. The van der Waals surface area contributed by atoms with Gasteiger partial charge in [0.1, 0.15) is 19.3 Å². The van der Waals surface area contributed by atoms with E-state index in [0.29, 0.717) is 31.6 Å². The molecule has 96 heavy (non-hydrogen) atoms. The Morgan fingerprint density at radius 3 is 0.708 bits per heavy atom. The highest BCUT2D eigenvalue weighted by Gasteiger charge is 2.30. The summed E-state index contributed by atoms with van der Waals surface area (Å²) in [5.41, 5.74) is 0. The molecule has 0 aromatic carbocycles. The molecule has 0 rings (SSSR count). The fraction of sp³-hybridized carbons (Fsp3) is 0.948. The van der Waals surface area contributed by atoms with Gasteiger partial charge in [-0.3, -0.25) is 37.3 Å². The van der Waals surface area contributed by atoms with Crippen molar-refractivity contribution < 1.29 is 80.2 Å². The van der Waals surface area contributed by atoms with Gasteiger partial charge in [-0.15, -0.1) is 0 Å².